The Morgan fingerprint density at radius 2 is 2.04 bits per heavy atom. The zero-order valence-corrected chi connectivity index (χ0v) is 13.6. The van der Waals surface area contributed by atoms with E-state index in [0.717, 1.165) is 42.5 Å². The zero-order chi connectivity index (χ0) is 16.1. The third-order valence-electron chi connectivity index (χ3n) is 5.03. The third-order valence-corrected chi connectivity index (χ3v) is 5.03. The Kier molecular flexibility index (Phi) is 2.88. The van der Waals surface area contributed by atoms with Gasteiger partial charge >= 0.3 is 0 Å². The average Bonchev–Trinajstić information content (AvgIpc) is 3.33. The number of pyridine rings is 1. The first-order valence-electron chi connectivity index (χ1n) is 8.32. The van der Waals surface area contributed by atoms with Gasteiger partial charge in [-0.1, -0.05) is 0 Å². The molecule has 4 aromatic rings. The van der Waals surface area contributed by atoms with Crippen molar-refractivity contribution in [3.8, 4) is 0 Å². The topological polar surface area (TPSA) is 67.6 Å². The molecule has 0 spiro atoms. The maximum Gasteiger partial charge on any atom is 0.139 e. The third kappa shape index (κ3) is 2.01. The van der Waals surface area contributed by atoms with Crippen molar-refractivity contribution in [2.24, 2.45) is 7.05 Å². The molecule has 1 fully saturated rings. The predicted octanol–water partition coefficient (Wildman–Crippen LogP) is 2.49. The summed E-state index contributed by atoms with van der Waals surface area (Å²) in [5.74, 6) is 0. The van der Waals surface area contributed by atoms with Crippen LogP contribution in [0.5, 0.6) is 0 Å². The van der Waals surface area contributed by atoms with Gasteiger partial charge in [0.25, 0.3) is 0 Å². The lowest BCUT2D eigenvalue weighted by molar-refractivity contribution is 0.404. The number of hydrogen-bond acceptors (Lipinski definition) is 4. The molecule has 0 radical (unpaired) electrons. The number of nitrogens with one attached hydrogen (secondary N) is 1. The van der Waals surface area contributed by atoms with E-state index < -0.39 is 0 Å². The number of rotatable bonds is 2. The van der Waals surface area contributed by atoms with Gasteiger partial charge in [-0.3, -0.25) is 4.68 Å². The largest absolute Gasteiger partial charge is 0.369 e. The van der Waals surface area contributed by atoms with Gasteiger partial charge in [0.05, 0.1) is 29.9 Å². The monoisotopic (exact) mass is 321 g/mol. The fourth-order valence-corrected chi connectivity index (χ4v) is 3.78. The summed E-state index contributed by atoms with van der Waals surface area (Å²) in [5, 5.41) is 5.43. The van der Waals surface area contributed by atoms with Gasteiger partial charge in [0.15, 0.2) is 0 Å². The highest BCUT2D eigenvalue weighted by molar-refractivity contribution is 6.00. The van der Waals surface area contributed by atoms with E-state index in [9.17, 15) is 0 Å². The number of imidazole rings is 1. The van der Waals surface area contributed by atoms with Crippen molar-refractivity contribution < 1.29 is 0 Å². The van der Waals surface area contributed by atoms with Crippen molar-refractivity contribution in [2.75, 3.05) is 18.0 Å². The second kappa shape index (κ2) is 5.09. The highest BCUT2D eigenvalue weighted by atomic mass is 15.3. The fraction of sp³-hybridized carbons (Fsp3) is 0.353. The molecule has 7 nitrogen and oxygen atoms in total. The minimum atomic E-state index is 0.475. The molecule has 7 heteroatoms. The van der Waals surface area contributed by atoms with E-state index in [1.54, 1.807) is 0 Å². The molecule has 24 heavy (non-hydrogen) atoms. The summed E-state index contributed by atoms with van der Waals surface area (Å²) in [6, 6.07) is 2.57. The van der Waals surface area contributed by atoms with Crippen molar-refractivity contribution >= 4 is 27.8 Å². The average molecular weight is 321 g/mol. The minimum absolute atomic E-state index is 0.475. The van der Waals surface area contributed by atoms with E-state index in [1.165, 1.54) is 11.2 Å². The standard InChI is InChI=1S/C17H19N7/c1-22-10-13(8-21-22)23-6-3-12(4-7-23)24-11-20-15-9-19-17-14(16(15)24)2-5-18-17/h2,5,8-12H,3-4,6-7H2,1H3,(H,18,19). The first kappa shape index (κ1) is 13.6. The quantitative estimate of drug-likeness (QED) is 0.616. The number of nitrogens with zero attached hydrogens (tertiary/aromatic N) is 6. The van der Waals surface area contributed by atoms with Gasteiger partial charge in [-0.2, -0.15) is 5.10 Å². The zero-order valence-electron chi connectivity index (χ0n) is 13.6. The van der Waals surface area contributed by atoms with Crippen molar-refractivity contribution in [1.29, 1.82) is 0 Å². The van der Waals surface area contributed by atoms with Gasteiger partial charge in [0, 0.05) is 44.0 Å². The molecule has 0 atom stereocenters. The molecule has 1 N–H and O–H groups in total. The molecule has 1 aliphatic heterocycles. The molecule has 0 unspecified atom stereocenters. The molecular weight excluding hydrogens is 302 g/mol. The molecule has 122 valence electrons. The highest BCUT2D eigenvalue weighted by Gasteiger charge is 2.23. The van der Waals surface area contributed by atoms with Crippen LogP contribution in [-0.4, -0.2) is 42.4 Å². The van der Waals surface area contributed by atoms with E-state index in [1.807, 2.05) is 36.6 Å². The van der Waals surface area contributed by atoms with Crippen LogP contribution >= 0.6 is 0 Å². The number of H-pyrrole nitrogens is 1. The maximum absolute atomic E-state index is 4.56. The molecule has 0 aliphatic carbocycles. The van der Waals surface area contributed by atoms with E-state index in [0.29, 0.717) is 6.04 Å². The van der Waals surface area contributed by atoms with Crippen molar-refractivity contribution in [3.63, 3.8) is 0 Å². The lowest BCUT2D eigenvalue weighted by Gasteiger charge is -2.33. The van der Waals surface area contributed by atoms with Gasteiger partial charge in [0.1, 0.15) is 11.2 Å². The number of aromatic amines is 1. The fourth-order valence-electron chi connectivity index (χ4n) is 3.78. The molecule has 1 saturated heterocycles. The molecular formula is C17H19N7. The second-order valence-electron chi connectivity index (χ2n) is 6.47. The van der Waals surface area contributed by atoms with Gasteiger partial charge < -0.3 is 14.5 Å². The summed E-state index contributed by atoms with van der Waals surface area (Å²) in [7, 11) is 1.96. The number of aryl methyl sites for hydroxylation is 1. The summed E-state index contributed by atoms with van der Waals surface area (Å²) in [6.07, 6.45) is 12.0. The molecule has 1 aliphatic rings. The summed E-state index contributed by atoms with van der Waals surface area (Å²) in [6.45, 7) is 2.08. The molecule has 0 aromatic carbocycles. The number of hydrogen-bond donors (Lipinski definition) is 1. The molecule has 0 amide bonds. The van der Waals surface area contributed by atoms with Crippen molar-refractivity contribution in [2.45, 2.75) is 18.9 Å². The van der Waals surface area contributed by atoms with Crippen molar-refractivity contribution in [1.82, 2.24) is 29.3 Å². The predicted molar refractivity (Wildman–Crippen MR) is 93.1 cm³/mol. The van der Waals surface area contributed by atoms with Crippen LogP contribution in [0.25, 0.3) is 22.1 Å². The van der Waals surface area contributed by atoms with Crippen LogP contribution in [0.1, 0.15) is 18.9 Å². The summed E-state index contributed by atoms with van der Waals surface area (Å²) in [4.78, 5) is 14.6. The minimum Gasteiger partial charge on any atom is -0.369 e. The maximum atomic E-state index is 4.56. The molecule has 0 saturated carbocycles. The SMILES string of the molecule is Cn1cc(N2CCC(n3cnc4cnc5[nH]ccc5c43)CC2)cn1. The van der Waals surface area contributed by atoms with Gasteiger partial charge in [0.2, 0.25) is 0 Å². The Bertz CT molecular complexity index is 1000. The number of fused-ring (bicyclic) bond motifs is 3. The van der Waals surface area contributed by atoms with Crippen molar-refractivity contribution in [3.05, 3.63) is 37.2 Å². The van der Waals surface area contributed by atoms with E-state index in [4.69, 9.17) is 0 Å². The lowest BCUT2D eigenvalue weighted by Crippen LogP contribution is -2.34. The Labute approximate surface area is 138 Å². The number of anilines is 1. The molecule has 5 rings (SSSR count). The van der Waals surface area contributed by atoms with Crippen LogP contribution in [0.4, 0.5) is 5.69 Å². The van der Waals surface area contributed by atoms with Gasteiger partial charge in [-0.25, -0.2) is 9.97 Å². The smallest absolute Gasteiger partial charge is 0.139 e. The van der Waals surface area contributed by atoms with E-state index in [2.05, 4.69) is 41.8 Å². The van der Waals surface area contributed by atoms with Gasteiger partial charge in [-0.15, -0.1) is 0 Å². The van der Waals surface area contributed by atoms with E-state index >= 15 is 0 Å². The van der Waals surface area contributed by atoms with E-state index in [-0.39, 0.29) is 0 Å². The molecule has 5 heterocycles. The van der Waals surface area contributed by atoms with Crippen LogP contribution in [0, 0.1) is 0 Å². The van der Waals surface area contributed by atoms with Crippen LogP contribution in [-0.2, 0) is 7.05 Å². The first-order chi connectivity index (χ1) is 11.8. The Hall–Kier alpha value is -2.83. The number of piperidine rings is 1. The molecule has 4 aromatic heterocycles. The van der Waals surface area contributed by atoms with Crippen LogP contribution in [0.15, 0.2) is 37.2 Å². The second-order valence-corrected chi connectivity index (χ2v) is 6.47. The summed E-state index contributed by atoms with van der Waals surface area (Å²) < 4.78 is 4.20. The Morgan fingerprint density at radius 1 is 1.17 bits per heavy atom. The van der Waals surface area contributed by atoms with Gasteiger partial charge in [-0.05, 0) is 18.9 Å². The van der Waals surface area contributed by atoms with Crippen LogP contribution < -0.4 is 4.90 Å². The first-order valence-corrected chi connectivity index (χ1v) is 8.32. The molecule has 0 bridgehead atoms. The number of aromatic nitrogens is 6. The Balaban J connectivity index is 1.46. The normalized spacial score (nSPS) is 16.5. The van der Waals surface area contributed by atoms with Crippen LogP contribution in [0.3, 0.4) is 0 Å². The summed E-state index contributed by atoms with van der Waals surface area (Å²) >= 11 is 0. The lowest BCUT2D eigenvalue weighted by atomic mass is 10.0. The summed E-state index contributed by atoms with van der Waals surface area (Å²) in [5.41, 5.74) is 4.30. The highest BCUT2D eigenvalue weighted by Crippen LogP contribution is 2.31. The van der Waals surface area contributed by atoms with Crippen LogP contribution in [0.2, 0.25) is 0 Å². The Morgan fingerprint density at radius 3 is 2.83 bits per heavy atom.